The fourth-order valence-corrected chi connectivity index (χ4v) is 4.65. The van der Waals surface area contributed by atoms with Gasteiger partial charge in [0.1, 0.15) is 0 Å². The smallest absolute Gasteiger partial charge is 0.00928 e. The van der Waals surface area contributed by atoms with Crippen LogP contribution in [-0.4, -0.2) is 31.1 Å². The lowest BCUT2D eigenvalue weighted by Crippen LogP contribution is -2.48. The molecular weight excluding hydrogens is 244 g/mol. The van der Waals surface area contributed by atoms with Crippen molar-refractivity contribution in [2.24, 2.45) is 22.5 Å². The fourth-order valence-electron chi connectivity index (χ4n) is 4.65. The van der Waals surface area contributed by atoms with Gasteiger partial charge < -0.3 is 10.6 Å². The van der Waals surface area contributed by atoms with Crippen LogP contribution in [0.4, 0.5) is 0 Å². The van der Waals surface area contributed by atoms with Crippen molar-refractivity contribution in [2.75, 3.05) is 20.1 Å². The lowest BCUT2D eigenvalue weighted by atomic mass is 9.69. The predicted molar refractivity (Wildman–Crippen MR) is 87.8 cm³/mol. The summed E-state index contributed by atoms with van der Waals surface area (Å²) in [6.45, 7) is 9.35. The number of hydrogen-bond donors (Lipinski definition) is 1. The van der Waals surface area contributed by atoms with Gasteiger partial charge in [0, 0.05) is 12.6 Å². The third-order valence-electron chi connectivity index (χ3n) is 6.14. The van der Waals surface area contributed by atoms with Crippen LogP contribution < -0.4 is 5.73 Å². The van der Waals surface area contributed by atoms with Gasteiger partial charge in [0.25, 0.3) is 0 Å². The maximum absolute atomic E-state index is 6.19. The fraction of sp³-hybridized carbons (Fsp3) is 1.00. The van der Waals surface area contributed by atoms with Gasteiger partial charge in [0.15, 0.2) is 0 Å². The zero-order valence-corrected chi connectivity index (χ0v) is 14.3. The average Bonchev–Trinajstić information content (AvgIpc) is 2.38. The topological polar surface area (TPSA) is 29.3 Å². The zero-order valence-electron chi connectivity index (χ0n) is 14.3. The van der Waals surface area contributed by atoms with Crippen LogP contribution in [0.2, 0.25) is 0 Å². The van der Waals surface area contributed by atoms with E-state index >= 15 is 0 Å². The van der Waals surface area contributed by atoms with E-state index in [-0.39, 0.29) is 0 Å². The minimum absolute atomic E-state index is 0.402. The second-order valence-corrected chi connectivity index (χ2v) is 8.72. The normalized spacial score (nSPS) is 35.4. The Hall–Kier alpha value is -0.0800. The highest BCUT2D eigenvalue weighted by Gasteiger charge is 2.37. The third-order valence-corrected chi connectivity index (χ3v) is 6.14. The van der Waals surface area contributed by atoms with Gasteiger partial charge in [-0.3, -0.25) is 0 Å². The highest BCUT2D eigenvalue weighted by molar-refractivity contribution is 4.91. The van der Waals surface area contributed by atoms with Crippen molar-refractivity contribution in [3.05, 3.63) is 0 Å². The zero-order chi connectivity index (χ0) is 14.8. The van der Waals surface area contributed by atoms with E-state index in [1.165, 1.54) is 57.9 Å². The van der Waals surface area contributed by atoms with Gasteiger partial charge in [-0.1, -0.05) is 33.6 Å². The Morgan fingerprint density at radius 3 is 2.30 bits per heavy atom. The number of nitrogens with two attached hydrogens (primary N) is 1. The summed E-state index contributed by atoms with van der Waals surface area (Å²) in [4.78, 5) is 2.65. The quantitative estimate of drug-likeness (QED) is 0.842. The molecule has 0 saturated heterocycles. The average molecular weight is 281 g/mol. The van der Waals surface area contributed by atoms with Gasteiger partial charge in [-0.15, -0.1) is 0 Å². The van der Waals surface area contributed by atoms with Crippen LogP contribution in [0.15, 0.2) is 0 Å². The lowest BCUT2D eigenvalue weighted by Gasteiger charge is -2.45. The van der Waals surface area contributed by atoms with Crippen LogP contribution in [0.25, 0.3) is 0 Å². The first kappa shape index (κ1) is 16.3. The molecule has 0 aliphatic heterocycles. The highest BCUT2D eigenvalue weighted by atomic mass is 15.1. The van der Waals surface area contributed by atoms with E-state index < -0.39 is 0 Å². The van der Waals surface area contributed by atoms with E-state index in [1.54, 1.807) is 0 Å². The molecule has 2 nitrogen and oxygen atoms in total. The van der Waals surface area contributed by atoms with Gasteiger partial charge in [-0.2, -0.15) is 0 Å². The predicted octanol–water partition coefficient (Wildman–Crippen LogP) is 4.04. The van der Waals surface area contributed by atoms with Crippen molar-refractivity contribution >= 4 is 0 Å². The Morgan fingerprint density at radius 2 is 1.75 bits per heavy atom. The summed E-state index contributed by atoms with van der Waals surface area (Å²) in [5.74, 6) is 0.867. The minimum Gasteiger partial charge on any atom is -0.330 e. The van der Waals surface area contributed by atoms with Gasteiger partial charge >= 0.3 is 0 Å². The van der Waals surface area contributed by atoms with E-state index in [0.717, 1.165) is 18.5 Å². The molecule has 2 saturated carbocycles. The van der Waals surface area contributed by atoms with Crippen LogP contribution in [0.5, 0.6) is 0 Å². The molecule has 118 valence electrons. The van der Waals surface area contributed by atoms with E-state index in [1.807, 2.05) is 0 Å². The van der Waals surface area contributed by atoms with Crippen LogP contribution in [-0.2, 0) is 0 Å². The highest BCUT2D eigenvalue weighted by Crippen LogP contribution is 2.41. The first-order valence-corrected chi connectivity index (χ1v) is 8.76. The van der Waals surface area contributed by atoms with Crippen LogP contribution >= 0.6 is 0 Å². The summed E-state index contributed by atoms with van der Waals surface area (Å²) in [5.41, 5.74) is 7.17. The van der Waals surface area contributed by atoms with Crippen LogP contribution in [0.1, 0.15) is 72.1 Å². The van der Waals surface area contributed by atoms with E-state index in [0.29, 0.717) is 10.8 Å². The summed E-state index contributed by atoms with van der Waals surface area (Å²) >= 11 is 0. The van der Waals surface area contributed by atoms with E-state index in [9.17, 15) is 0 Å². The molecule has 2 N–H and O–H groups in total. The molecule has 0 radical (unpaired) electrons. The molecular formula is C18H36N2. The Balaban J connectivity index is 1.91. The summed E-state index contributed by atoms with van der Waals surface area (Å²) in [6.07, 6.45) is 11.0. The van der Waals surface area contributed by atoms with Crippen molar-refractivity contribution in [1.29, 1.82) is 0 Å². The van der Waals surface area contributed by atoms with Crippen molar-refractivity contribution in [2.45, 2.75) is 78.2 Å². The molecule has 2 aliphatic rings. The lowest BCUT2D eigenvalue weighted by molar-refractivity contribution is 0.0544. The van der Waals surface area contributed by atoms with Gasteiger partial charge in [0.05, 0.1) is 0 Å². The molecule has 2 fully saturated rings. The standard InChI is InChI=1S/C18H36N2/c1-15-6-5-9-18(12-15,13-19)14-20(4)16-7-10-17(2,3)11-8-16/h15-16H,5-14,19H2,1-4H3. The molecule has 0 bridgehead atoms. The maximum Gasteiger partial charge on any atom is 0.00928 e. The Morgan fingerprint density at radius 1 is 1.10 bits per heavy atom. The van der Waals surface area contributed by atoms with E-state index in [2.05, 4.69) is 32.7 Å². The largest absolute Gasteiger partial charge is 0.330 e. The molecule has 20 heavy (non-hydrogen) atoms. The molecule has 0 aromatic heterocycles. The van der Waals surface area contributed by atoms with Crippen molar-refractivity contribution < 1.29 is 0 Å². The molecule has 2 unspecified atom stereocenters. The second-order valence-electron chi connectivity index (χ2n) is 8.72. The maximum atomic E-state index is 6.19. The molecule has 0 spiro atoms. The molecule has 2 rings (SSSR count). The first-order valence-electron chi connectivity index (χ1n) is 8.76. The minimum atomic E-state index is 0.402. The Bertz CT molecular complexity index is 303. The van der Waals surface area contributed by atoms with Gasteiger partial charge in [-0.05, 0) is 68.9 Å². The second kappa shape index (κ2) is 6.36. The third kappa shape index (κ3) is 3.98. The summed E-state index contributed by atoms with van der Waals surface area (Å²) in [5, 5.41) is 0. The molecule has 2 aliphatic carbocycles. The van der Waals surface area contributed by atoms with Crippen LogP contribution in [0.3, 0.4) is 0 Å². The van der Waals surface area contributed by atoms with Crippen molar-refractivity contribution in [3.8, 4) is 0 Å². The van der Waals surface area contributed by atoms with Gasteiger partial charge in [0.2, 0.25) is 0 Å². The van der Waals surface area contributed by atoms with Gasteiger partial charge in [-0.25, -0.2) is 0 Å². The first-order chi connectivity index (χ1) is 9.36. The summed E-state index contributed by atoms with van der Waals surface area (Å²) in [6, 6.07) is 0.795. The van der Waals surface area contributed by atoms with Crippen LogP contribution in [0, 0.1) is 16.7 Å². The van der Waals surface area contributed by atoms with E-state index in [4.69, 9.17) is 5.73 Å². The SMILES string of the molecule is CC1CCCC(CN)(CN(C)C2CCC(C)(C)CC2)C1. The number of rotatable bonds is 4. The molecule has 0 amide bonds. The molecule has 2 atom stereocenters. The number of hydrogen-bond acceptors (Lipinski definition) is 2. The van der Waals surface area contributed by atoms with Crippen molar-refractivity contribution in [3.63, 3.8) is 0 Å². The number of nitrogens with zero attached hydrogens (tertiary/aromatic N) is 1. The summed E-state index contributed by atoms with van der Waals surface area (Å²) in [7, 11) is 2.35. The molecule has 0 aromatic rings. The molecule has 0 aromatic carbocycles. The Kier molecular flexibility index (Phi) is 5.18. The molecule has 2 heteroatoms. The Labute approximate surface area is 126 Å². The van der Waals surface area contributed by atoms with Crippen molar-refractivity contribution in [1.82, 2.24) is 4.90 Å². The monoisotopic (exact) mass is 280 g/mol. The molecule has 0 heterocycles. The summed E-state index contributed by atoms with van der Waals surface area (Å²) < 4.78 is 0.